The standard InChI is InChI=1S/C16H19NO3S/c1-13-5-7-15(8-6-13)20-9-10-21(18,19)16-4-2-3-14(11-16)12-17/h2-8,11H,9-10,12,17H2,1H3. The highest BCUT2D eigenvalue weighted by Crippen LogP contribution is 2.15. The minimum Gasteiger partial charge on any atom is -0.493 e. The SMILES string of the molecule is Cc1ccc(OCCS(=O)(=O)c2cccc(CN)c2)cc1. The van der Waals surface area contributed by atoms with E-state index in [1.807, 2.05) is 37.3 Å². The van der Waals surface area contributed by atoms with Crippen LogP contribution in [0.15, 0.2) is 53.4 Å². The van der Waals surface area contributed by atoms with Gasteiger partial charge in [-0.05, 0) is 36.8 Å². The third-order valence-corrected chi connectivity index (χ3v) is 4.81. The molecule has 0 amide bonds. The molecule has 2 N–H and O–H groups in total. The zero-order chi connectivity index (χ0) is 15.3. The van der Waals surface area contributed by atoms with Gasteiger partial charge in [0.05, 0.1) is 10.6 Å². The predicted molar refractivity (Wildman–Crippen MR) is 83.1 cm³/mol. The van der Waals surface area contributed by atoms with Crippen molar-refractivity contribution in [2.75, 3.05) is 12.4 Å². The summed E-state index contributed by atoms with van der Waals surface area (Å²) >= 11 is 0. The van der Waals surface area contributed by atoms with Crippen molar-refractivity contribution in [1.29, 1.82) is 0 Å². The van der Waals surface area contributed by atoms with Gasteiger partial charge in [-0.25, -0.2) is 8.42 Å². The lowest BCUT2D eigenvalue weighted by atomic mass is 10.2. The van der Waals surface area contributed by atoms with Crippen LogP contribution in [-0.2, 0) is 16.4 Å². The molecule has 0 heterocycles. The van der Waals surface area contributed by atoms with Crippen LogP contribution in [0.4, 0.5) is 0 Å². The van der Waals surface area contributed by atoms with Gasteiger partial charge in [-0.3, -0.25) is 0 Å². The lowest BCUT2D eigenvalue weighted by Gasteiger charge is -2.08. The molecule has 0 aliphatic heterocycles. The second-order valence-electron chi connectivity index (χ2n) is 4.83. The maximum Gasteiger partial charge on any atom is 0.181 e. The van der Waals surface area contributed by atoms with E-state index in [2.05, 4.69) is 0 Å². The van der Waals surface area contributed by atoms with Crippen molar-refractivity contribution in [2.24, 2.45) is 5.73 Å². The molecule has 0 radical (unpaired) electrons. The maximum atomic E-state index is 12.2. The molecule has 4 nitrogen and oxygen atoms in total. The summed E-state index contributed by atoms with van der Waals surface area (Å²) in [6, 6.07) is 14.2. The van der Waals surface area contributed by atoms with E-state index >= 15 is 0 Å². The molecule has 2 rings (SSSR count). The molecule has 0 saturated heterocycles. The highest BCUT2D eigenvalue weighted by molar-refractivity contribution is 7.91. The molecular weight excluding hydrogens is 286 g/mol. The van der Waals surface area contributed by atoms with Crippen LogP contribution in [0, 0.1) is 6.92 Å². The second-order valence-corrected chi connectivity index (χ2v) is 6.94. The van der Waals surface area contributed by atoms with Crippen LogP contribution in [-0.4, -0.2) is 20.8 Å². The van der Waals surface area contributed by atoms with Gasteiger partial charge in [0.25, 0.3) is 0 Å². The van der Waals surface area contributed by atoms with Gasteiger partial charge in [0.2, 0.25) is 0 Å². The molecule has 0 aliphatic rings. The maximum absolute atomic E-state index is 12.2. The number of sulfone groups is 1. The fraction of sp³-hybridized carbons (Fsp3) is 0.250. The van der Waals surface area contributed by atoms with E-state index in [0.717, 1.165) is 11.1 Å². The van der Waals surface area contributed by atoms with Crippen LogP contribution in [0.5, 0.6) is 5.75 Å². The van der Waals surface area contributed by atoms with E-state index in [1.165, 1.54) is 0 Å². The number of rotatable bonds is 6. The largest absolute Gasteiger partial charge is 0.493 e. The van der Waals surface area contributed by atoms with Crippen LogP contribution in [0.3, 0.4) is 0 Å². The lowest BCUT2D eigenvalue weighted by molar-refractivity contribution is 0.341. The Bertz CT molecular complexity index is 694. The minimum atomic E-state index is -3.35. The van der Waals surface area contributed by atoms with Crippen LogP contribution in [0.1, 0.15) is 11.1 Å². The Morgan fingerprint density at radius 3 is 2.48 bits per heavy atom. The van der Waals surface area contributed by atoms with Crippen molar-refractivity contribution >= 4 is 9.84 Å². The summed E-state index contributed by atoms with van der Waals surface area (Å²) in [5, 5.41) is 0. The Morgan fingerprint density at radius 2 is 1.81 bits per heavy atom. The average Bonchev–Trinajstić information content (AvgIpc) is 2.49. The first-order chi connectivity index (χ1) is 10.0. The predicted octanol–water partition coefficient (Wildman–Crippen LogP) is 2.31. The molecule has 0 saturated carbocycles. The molecule has 112 valence electrons. The summed E-state index contributed by atoms with van der Waals surface area (Å²) < 4.78 is 29.9. The molecule has 0 aromatic heterocycles. The lowest BCUT2D eigenvalue weighted by Crippen LogP contribution is -2.14. The van der Waals surface area contributed by atoms with Crippen molar-refractivity contribution in [2.45, 2.75) is 18.4 Å². The first kappa shape index (κ1) is 15.5. The van der Waals surface area contributed by atoms with E-state index in [-0.39, 0.29) is 17.3 Å². The first-order valence-electron chi connectivity index (χ1n) is 6.72. The fourth-order valence-corrected chi connectivity index (χ4v) is 3.04. The Labute approximate surface area is 125 Å². The molecule has 0 fully saturated rings. The summed E-state index contributed by atoms with van der Waals surface area (Å²) in [6.45, 7) is 2.43. The number of benzene rings is 2. The number of ether oxygens (including phenoxy) is 1. The smallest absolute Gasteiger partial charge is 0.181 e. The second kappa shape index (κ2) is 6.74. The van der Waals surface area contributed by atoms with Gasteiger partial charge in [-0.15, -0.1) is 0 Å². The van der Waals surface area contributed by atoms with Gasteiger partial charge >= 0.3 is 0 Å². The van der Waals surface area contributed by atoms with Crippen LogP contribution in [0.2, 0.25) is 0 Å². The van der Waals surface area contributed by atoms with Gasteiger partial charge in [-0.2, -0.15) is 0 Å². The van der Waals surface area contributed by atoms with Crippen LogP contribution < -0.4 is 10.5 Å². The third-order valence-electron chi connectivity index (χ3n) is 3.14. The normalized spacial score (nSPS) is 11.3. The number of nitrogens with two attached hydrogens (primary N) is 1. The van der Waals surface area contributed by atoms with E-state index in [1.54, 1.807) is 18.2 Å². The van der Waals surface area contributed by atoms with Gasteiger partial charge in [-0.1, -0.05) is 29.8 Å². The quantitative estimate of drug-likeness (QED) is 0.889. The molecule has 5 heteroatoms. The topological polar surface area (TPSA) is 69.4 Å². The van der Waals surface area contributed by atoms with Crippen molar-refractivity contribution in [3.05, 3.63) is 59.7 Å². The summed E-state index contributed by atoms with van der Waals surface area (Å²) in [4.78, 5) is 0.290. The Kier molecular flexibility index (Phi) is 4.98. The molecule has 0 unspecified atom stereocenters. The van der Waals surface area contributed by atoms with Crippen molar-refractivity contribution < 1.29 is 13.2 Å². The van der Waals surface area contributed by atoms with Crippen LogP contribution >= 0.6 is 0 Å². The zero-order valence-electron chi connectivity index (χ0n) is 12.0. The van der Waals surface area contributed by atoms with E-state index in [9.17, 15) is 8.42 Å². The summed E-state index contributed by atoms with van der Waals surface area (Å²) in [6.07, 6.45) is 0. The van der Waals surface area contributed by atoms with Gasteiger partial charge in [0, 0.05) is 6.54 Å². The molecule has 0 bridgehead atoms. The first-order valence-corrected chi connectivity index (χ1v) is 8.38. The van der Waals surface area contributed by atoms with Gasteiger partial charge in [0.15, 0.2) is 9.84 Å². The molecule has 2 aromatic carbocycles. The Morgan fingerprint density at radius 1 is 1.10 bits per heavy atom. The third kappa shape index (κ3) is 4.31. The zero-order valence-corrected chi connectivity index (χ0v) is 12.8. The van der Waals surface area contributed by atoms with Gasteiger partial charge in [0.1, 0.15) is 12.4 Å². The monoisotopic (exact) mass is 305 g/mol. The molecule has 0 aliphatic carbocycles. The minimum absolute atomic E-state index is 0.0606. The molecule has 21 heavy (non-hydrogen) atoms. The molecule has 0 atom stereocenters. The Hall–Kier alpha value is -1.85. The van der Waals surface area contributed by atoms with E-state index in [0.29, 0.717) is 12.3 Å². The summed E-state index contributed by atoms with van der Waals surface area (Å²) in [7, 11) is -3.35. The molecular formula is C16H19NO3S. The summed E-state index contributed by atoms with van der Waals surface area (Å²) in [5.41, 5.74) is 7.47. The summed E-state index contributed by atoms with van der Waals surface area (Å²) in [5.74, 6) is 0.612. The highest BCUT2D eigenvalue weighted by atomic mass is 32.2. The highest BCUT2D eigenvalue weighted by Gasteiger charge is 2.14. The molecule has 2 aromatic rings. The van der Waals surface area contributed by atoms with Crippen LogP contribution in [0.25, 0.3) is 0 Å². The van der Waals surface area contributed by atoms with Crippen molar-refractivity contribution in [3.63, 3.8) is 0 Å². The average molecular weight is 305 g/mol. The number of aryl methyl sites for hydroxylation is 1. The van der Waals surface area contributed by atoms with Crippen molar-refractivity contribution in [3.8, 4) is 5.75 Å². The number of hydrogen-bond acceptors (Lipinski definition) is 4. The number of hydrogen-bond donors (Lipinski definition) is 1. The van der Waals surface area contributed by atoms with E-state index in [4.69, 9.17) is 10.5 Å². The molecule has 0 spiro atoms. The van der Waals surface area contributed by atoms with Gasteiger partial charge < -0.3 is 10.5 Å². The van der Waals surface area contributed by atoms with Crippen molar-refractivity contribution in [1.82, 2.24) is 0 Å². The fourth-order valence-electron chi connectivity index (χ4n) is 1.89. The Balaban J connectivity index is 1.99. The van der Waals surface area contributed by atoms with E-state index < -0.39 is 9.84 Å².